The molecule has 0 saturated heterocycles. The van der Waals surface area contributed by atoms with E-state index < -0.39 is 23.5 Å². The highest BCUT2D eigenvalue weighted by Crippen LogP contribution is 2.40. The number of ketones is 1. The van der Waals surface area contributed by atoms with Crippen molar-refractivity contribution in [2.45, 2.75) is 6.04 Å². The number of likely N-dealkylation sites (N-methyl/N-ethyl adjacent to an activating group) is 1. The highest BCUT2D eigenvalue weighted by Gasteiger charge is 2.44. The van der Waals surface area contributed by atoms with Gasteiger partial charge < -0.3 is 19.3 Å². The van der Waals surface area contributed by atoms with Gasteiger partial charge in [0.15, 0.2) is 11.5 Å². The molecule has 1 N–H and O–H groups in total. The summed E-state index contributed by atoms with van der Waals surface area (Å²) in [6.07, 6.45) is 0. The molecule has 4 rings (SSSR count). The number of rotatable bonds is 6. The Kier molecular flexibility index (Phi) is 5.37. The van der Waals surface area contributed by atoms with Crippen molar-refractivity contribution in [1.29, 1.82) is 0 Å². The fourth-order valence-electron chi connectivity index (χ4n) is 3.67. The van der Waals surface area contributed by atoms with Crippen molar-refractivity contribution < 1.29 is 19.1 Å². The molecule has 0 saturated carbocycles. The van der Waals surface area contributed by atoms with E-state index in [9.17, 15) is 14.7 Å². The Balaban J connectivity index is 1.79. The molecule has 1 aliphatic rings. The number of halogens is 1. The molecule has 6 nitrogen and oxygen atoms in total. The monoisotopic (exact) mass is 424 g/mol. The van der Waals surface area contributed by atoms with Crippen LogP contribution in [0.15, 0.2) is 70.3 Å². The summed E-state index contributed by atoms with van der Waals surface area (Å²) in [4.78, 5) is 29.7. The van der Waals surface area contributed by atoms with Crippen molar-refractivity contribution in [1.82, 2.24) is 9.80 Å². The Bertz CT molecular complexity index is 1130. The second kappa shape index (κ2) is 7.97. The molecule has 2 heterocycles. The van der Waals surface area contributed by atoms with Crippen molar-refractivity contribution in [2.24, 2.45) is 0 Å². The molecule has 3 aromatic rings. The molecule has 1 aliphatic heterocycles. The molecular formula is C23H21ClN2O4. The Labute approximate surface area is 178 Å². The molecule has 0 radical (unpaired) electrons. The van der Waals surface area contributed by atoms with Crippen LogP contribution < -0.4 is 0 Å². The van der Waals surface area contributed by atoms with Gasteiger partial charge in [0.1, 0.15) is 5.58 Å². The first-order valence-corrected chi connectivity index (χ1v) is 9.92. The first-order chi connectivity index (χ1) is 14.4. The van der Waals surface area contributed by atoms with Crippen LogP contribution in [0.5, 0.6) is 0 Å². The quantitative estimate of drug-likeness (QED) is 0.599. The molecule has 30 heavy (non-hydrogen) atoms. The second-order valence-corrected chi connectivity index (χ2v) is 7.94. The molecule has 154 valence electrons. The lowest BCUT2D eigenvalue weighted by molar-refractivity contribution is -0.129. The Morgan fingerprint density at radius 2 is 1.93 bits per heavy atom. The lowest BCUT2D eigenvalue weighted by Crippen LogP contribution is -2.36. The van der Waals surface area contributed by atoms with E-state index in [2.05, 4.69) is 0 Å². The summed E-state index contributed by atoms with van der Waals surface area (Å²) in [5, 5.41) is 11.9. The van der Waals surface area contributed by atoms with Crippen molar-refractivity contribution in [2.75, 3.05) is 27.2 Å². The minimum absolute atomic E-state index is 0.0000731. The van der Waals surface area contributed by atoms with Crippen LogP contribution in [0.2, 0.25) is 5.02 Å². The molecule has 1 aromatic heterocycles. The number of nitrogens with zero attached hydrogens (tertiary/aromatic N) is 2. The zero-order valence-corrected chi connectivity index (χ0v) is 17.4. The normalized spacial score (nSPS) is 16.9. The van der Waals surface area contributed by atoms with Crippen molar-refractivity contribution in [3.8, 4) is 0 Å². The number of Topliss-reactive ketones (excluding diaryl/α,β-unsaturated/α-hetero) is 1. The molecule has 1 amide bonds. The van der Waals surface area contributed by atoms with Gasteiger partial charge in [-0.15, -0.1) is 0 Å². The maximum Gasteiger partial charge on any atom is 0.290 e. The number of hydrogen-bond acceptors (Lipinski definition) is 5. The average molecular weight is 425 g/mol. The molecule has 2 aromatic carbocycles. The maximum absolute atomic E-state index is 13.4. The number of aliphatic hydroxyl groups excluding tert-OH is 1. The number of furan rings is 1. The first-order valence-electron chi connectivity index (χ1n) is 9.54. The van der Waals surface area contributed by atoms with Crippen LogP contribution >= 0.6 is 11.6 Å². The number of para-hydroxylation sites is 1. The lowest BCUT2D eigenvalue weighted by atomic mass is 9.95. The molecule has 0 spiro atoms. The molecule has 1 atom stereocenters. The molecule has 0 bridgehead atoms. The van der Waals surface area contributed by atoms with Gasteiger partial charge in [0.25, 0.3) is 5.91 Å². The number of fused-ring (bicyclic) bond motifs is 1. The number of aliphatic hydroxyl groups is 1. The number of carbonyl (C=O) groups excluding carboxylic acids is 2. The third-order valence-electron chi connectivity index (χ3n) is 5.15. The lowest BCUT2D eigenvalue weighted by Gasteiger charge is -2.28. The predicted molar refractivity (Wildman–Crippen MR) is 115 cm³/mol. The third-order valence-corrected chi connectivity index (χ3v) is 5.39. The van der Waals surface area contributed by atoms with Gasteiger partial charge in [-0.2, -0.15) is 0 Å². The molecule has 0 unspecified atom stereocenters. The van der Waals surface area contributed by atoms with Gasteiger partial charge in [-0.1, -0.05) is 41.9 Å². The van der Waals surface area contributed by atoms with E-state index in [-0.39, 0.29) is 11.3 Å². The van der Waals surface area contributed by atoms with Gasteiger partial charge in [-0.25, -0.2) is 0 Å². The summed E-state index contributed by atoms with van der Waals surface area (Å²) in [6, 6.07) is 15.1. The number of amides is 1. The van der Waals surface area contributed by atoms with E-state index in [0.29, 0.717) is 29.3 Å². The average Bonchev–Trinajstić information content (AvgIpc) is 3.26. The van der Waals surface area contributed by atoms with Crippen molar-refractivity contribution in [3.63, 3.8) is 0 Å². The number of hydrogen-bond donors (Lipinski definition) is 1. The summed E-state index contributed by atoms with van der Waals surface area (Å²) in [5.74, 6) is -1.58. The van der Waals surface area contributed by atoms with Crippen molar-refractivity contribution >= 4 is 34.3 Å². The Morgan fingerprint density at radius 1 is 1.17 bits per heavy atom. The minimum Gasteiger partial charge on any atom is -0.503 e. The number of carbonyl (C=O) groups is 2. The molecule has 0 fully saturated rings. The summed E-state index contributed by atoms with van der Waals surface area (Å²) in [5.41, 5.74) is 1.22. The van der Waals surface area contributed by atoms with Crippen LogP contribution in [0.4, 0.5) is 0 Å². The van der Waals surface area contributed by atoms with E-state index in [1.165, 1.54) is 4.90 Å². The Morgan fingerprint density at radius 3 is 2.63 bits per heavy atom. The fourth-order valence-corrected chi connectivity index (χ4v) is 3.87. The standard InChI is InChI=1S/C23H21ClN2O4/c1-25(2)10-11-26-20(15-7-5-8-16(24)12-15)19(22(28)23(26)29)21(27)18-13-14-6-3-4-9-17(14)30-18/h3-9,12-13,20,28H,10-11H2,1-2H3/t20-/m1/s1. The van der Waals surface area contributed by atoms with Gasteiger partial charge in [0, 0.05) is 23.5 Å². The van der Waals surface area contributed by atoms with Crippen LogP contribution in [0, 0.1) is 0 Å². The smallest absolute Gasteiger partial charge is 0.290 e. The van der Waals surface area contributed by atoms with Crippen LogP contribution in [0.3, 0.4) is 0 Å². The topological polar surface area (TPSA) is 74.0 Å². The van der Waals surface area contributed by atoms with E-state index in [1.807, 2.05) is 37.2 Å². The Hall–Kier alpha value is -3.09. The minimum atomic E-state index is -0.753. The summed E-state index contributed by atoms with van der Waals surface area (Å²) in [6.45, 7) is 0.909. The summed E-state index contributed by atoms with van der Waals surface area (Å²) < 4.78 is 5.71. The summed E-state index contributed by atoms with van der Waals surface area (Å²) in [7, 11) is 3.78. The van der Waals surface area contributed by atoms with Gasteiger partial charge in [0.2, 0.25) is 5.78 Å². The fraction of sp³-hybridized carbons (Fsp3) is 0.217. The zero-order chi connectivity index (χ0) is 21.4. The van der Waals surface area contributed by atoms with Gasteiger partial charge >= 0.3 is 0 Å². The van der Waals surface area contributed by atoms with Gasteiger partial charge in [-0.05, 0) is 43.9 Å². The largest absolute Gasteiger partial charge is 0.503 e. The molecule has 7 heteroatoms. The van der Waals surface area contributed by atoms with E-state index in [1.54, 1.807) is 36.4 Å². The highest BCUT2D eigenvalue weighted by atomic mass is 35.5. The zero-order valence-electron chi connectivity index (χ0n) is 16.6. The molecular weight excluding hydrogens is 404 g/mol. The maximum atomic E-state index is 13.4. The summed E-state index contributed by atoms with van der Waals surface area (Å²) >= 11 is 6.18. The van der Waals surface area contributed by atoms with Crippen LogP contribution in [0.25, 0.3) is 11.0 Å². The van der Waals surface area contributed by atoms with Gasteiger partial charge in [-0.3, -0.25) is 9.59 Å². The second-order valence-electron chi connectivity index (χ2n) is 7.50. The van der Waals surface area contributed by atoms with E-state index in [4.69, 9.17) is 16.0 Å². The molecule has 0 aliphatic carbocycles. The highest BCUT2D eigenvalue weighted by molar-refractivity contribution is 6.30. The SMILES string of the molecule is CN(C)CCN1C(=O)C(O)=C(C(=O)c2cc3ccccc3o2)[C@H]1c1cccc(Cl)c1. The van der Waals surface area contributed by atoms with Crippen LogP contribution in [-0.4, -0.2) is 53.8 Å². The predicted octanol–water partition coefficient (Wildman–Crippen LogP) is 4.23. The van der Waals surface area contributed by atoms with Crippen LogP contribution in [0.1, 0.15) is 22.2 Å². The van der Waals surface area contributed by atoms with Gasteiger partial charge in [0.05, 0.1) is 11.6 Å². The van der Waals surface area contributed by atoms with Crippen LogP contribution in [-0.2, 0) is 4.79 Å². The van der Waals surface area contributed by atoms with E-state index in [0.717, 1.165) is 5.39 Å². The number of benzene rings is 2. The van der Waals surface area contributed by atoms with Crippen molar-refractivity contribution in [3.05, 3.63) is 82.3 Å². The first kappa shape index (κ1) is 20.2. The van der Waals surface area contributed by atoms with E-state index >= 15 is 0 Å². The third kappa shape index (κ3) is 3.60.